The molecule has 0 unspecified atom stereocenters. The van der Waals surface area contributed by atoms with Crippen molar-refractivity contribution in [1.29, 1.82) is 0 Å². The van der Waals surface area contributed by atoms with E-state index in [1.54, 1.807) is 0 Å². The van der Waals surface area contributed by atoms with Crippen LogP contribution in [0.25, 0.3) is 0 Å². The van der Waals surface area contributed by atoms with Gasteiger partial charge in [-0.2, -0.15) is 5.10 Å². The first-order chi connectivity index (χ1) is 9.65. The van der Waals surface area contributed by atoms with Crippen LogP contribution in [0.5, 0.6) is 5.75 Å². The van der Waals surface area contributed by atoms with Gasteiger partial charge in [-0.05, 0) is 45.0 Å². The van der Waals surface area contributed by atoms with Crippen LogP contribution in [0.2, 0.25) is 5.02 Å². The number of hydrogen-bond acceptors (Lipinski definition) is 3. The smallest absolute Gasteiger partial charge is 0.119 e. The zero-order valence-electron chi connectivity index (χ0n) is 12.1. The quantitative estimate of drug-likeness (QED) is 0.878. The van der Waals surface area contributed by atoms with Gasteiger partial charge >= 0.3 is 0 Å². The molecule has 0 amide bonds. The molecule has 0 aliphatic rings. The van der Waals surface area contributed by atoms with Gasteiger partial charge in [-0.1, -0.05) is 11.6 Å². The van der Waals surface area contributed by atoms with Gasteiger partial charge < -0.3 is 10.1 Å². The Labute approximate surface area is 124 Å². The van der Waals surface area contributed by atoms with Crippen LogP contribution < -0.4 is 10.1 Å². The molecule has 0 spiro atoms. The number of nitrogens with zero attached hydrogens (tertiary/aromatic N) is 2. The first-order valence-electron chi connectivity index (χ1n) is 6.84. The van der Waals surface area contributed by atoms with Gasteiger partial charge in [-0.15, -0.1) is 0 Å². The topological polar surface area (TPSA) is 39.1 Å². The summed E-state index contributed by atoms with van der Waals surface area (Å²) in [5, 5.41) is 8.50. The van der Waals surface area contributed by atoms with E-state index in [0.717, 1.165) is 34.4 Å². The number of aryl methyl sites for hydroxylation is 2. The highest BCUT2D eigenvalue weighted by Gasteiger charge is 2.11. The Balaban J connectivity index is 2.05. The van der Waals surface area contributed by atoms with Gasteiger partial charge in [0.1, 0.15) is 5.75 Å². The van der Waals surface area contributed by atoms with Crippen molar-refractivity contribution in [2.24, 2.45) is 0 Å². The molecule has 5 heteroatoms. The molecule has 2 rings (SSSR count). The first-order valence-corrected chi connectivity index (χ1v) is 7.22. The lowest BCUT2D eigenvalue weighted by molar-refractivity contribution is 0.340. The van der Waals surface area contributed by atoms with E-state index in [9.17, 15) is 0 Å². The fourth-order valence-electron chi connectivity index (χ4n) is 2.06. The average molecular weight is 294 g/mol. The largest absolute Gasteiger partial charge is 0.494 e. The van der Waals surface area contributed by atoms with Gasteiger partial charge in [0, 0.05) is 12.2 Å². The van der Waals surface area contributed by atoms with E-state index in [4.69, 9.17) is 16.3 Å². The zero-order chi connectivity index (χ0) is 14.5. The number of nitrogens with one attached hydrogen (secondary N) is 1. The molecule has 0 saturated heterocycles. The second kappa shape index (κ2) is 6.66. The third-order valence-corrected chi connectivity index (χ3v) is 3.57. The molecule has 0 saturated carbocycles. The van der Waals surface area contributed by atoms with Crippen molar-refractivity contribution in [2.75, 3.05) is 11.9 Å². The van der Waals surface area contributed by atoms with Crippen LogP contribution in [-0.4, -0.2) is 16.4 Å². The van der Waals surface area contributed by atoms with Gasteiger partial charge in [-0.25, -0.2) is 0 Å². The summed E-state index contributed by atoms with van der Waals surface area (Å²) < 4.78 is 7.35. The van der Waals surface area contributed by atoms with E-state index in [0.29, 0.717) is 13.2 Å². The lowest BCUT2D eigenvalue weighted by Gasteiger charge is -2.09. The van der Waals surface area contributed by atoms with E-state index >= 15 is 0 Å². The van der Waals surface area contributed by atoms with E-state index in [1.807, 2.05) is 42.8 Å². The Hall–Kier alpha value is -1.68. The molecule has 0 radical (unpaired) electrons. The summed E-state index contributed by atoms with van der Waals surface area (Å²) in [6, 6.07) is 7.91. The normalized spacial score (nSPS) is 10.6. The zero-order valence-corrected chi connectivity index (χ0v) is 12.9. The maximum Gasteiger partial charge on any atom is 0.119 e. The van der Waals surface area contributed by atoms with Crippen molar-refractivity contribution >= 4 is 17.3 Å². The molecule has 0 aliphatic carbocycles. The number of rotatable bonds is 6. The minimum absolute atomic E-state index is 0.654. The Morgan fingerprint density at radius 3 is 2.55 bits per heavy atom. The second-order valence-electron chi connectivity index (χ2n) is 4.47. The summed E-state index contributed by atoms with van der Waals surface area (Å²) in [4.78, 5) is 0. The number of ether oxygens (including phenoxy) is 1. The Morgan fingerprint density at radius 2 is 1.95 bits per heavy atom. The van der Waals surface area contributed by atoms with E-state index in [-0.39, 0.29) is 0 Å². The van der Waals surface area contributed by atoms with Crippen LogP contribution in [-0.2, 0) is 13.1 Å². The molecule has 0 fully saturated rings. The average Bonchev–Trinajstić information content (AvgIpc) is 2.74. The third kappa shape index (κ3) is 3.25. The molecular weight excluding hydrogens is 274 g/mol. The van der Waals surface area contributed by atoms with E-state index in [2.05, 4.69) is 17.3 Å². The standard InChI is InChI=1S/C15H20ClN3O/c1-4-19-14(15(16)11(3)18-19)10-17-12-6-8-13(9-7-12)20-5-2/h6-9,17H,4-5,10H2,1-3H3. The summed E-state index contributed by atoms with van der Waals surface area (Å²) >= 11 is 6.28. The maximum atomic E-state index is 6.28. The molecule has 2 aromatic rings. The minimum Gasteiger partial charge on any atom is -0.494 e. The van der Waals surface area contributed by atoms with E-state index in [1.165, 1.54) is 0 Å². The maximum absolute atomic E-state index is 6.28. The van der Waals surface area contributed by atoms with Crippen LogP contribution >= 0.6 is 11.6 Å². The van der Waals surface area contributed by atoms with Crippen molar-refractivity contribution in [3.8, 4) is 5.75 Å². The molecule has 1 N–H and O–H groups in total. The van der Waals surface area contributed by atoms with E-state index < -0.39 is 0 Å². The van der Waals surface area contributed by atoms with Gasteiger partial charge in [-0.3, -0.25) is 4.68 Å². The first kappa shape index (κ1) is 14.7. The fourth-order valence-corrected chi connectivity index (χ4v) is 2.26. The molecule has 0 bridgehead atoms. The summed E-state index contributed by atoms with van der Waals surface area (Å²) in [5.41, 5.74) is 2.92. The fraction of sp³-hybridized carbons (Fsp3) is 0.400. The third-order valence-electron chi connectivity index (χ3n) is 3.08. The number of aromatic nitrogens is 2. The summed E-state index contributed by atoms with van der Waals surface area (Å²) in [6.45, 7) is 8.10. The molecule has 20 heavy (non-hydrogen) atoms. The molecular formula is C15H20ClN3O. The van der Waals surface area contributed by atoms with Crippen molar-refractivity contribution in [3.05, 3.63) is 40.7 Å². The second-order valence-corrected chi connectivity index (χ2v) is 4.85. The molecule has 4 nitrogen and oxygen atoms in total. The van der Waals surface area contributed by atoms with Crippen LogP contribution in [0.1, 0.15) is 25.2 Å². The van der Waals surface area contributed by atoms with Crippen LogP contribution in [0.15, 0.2) is 24.3 Å². The minimum atomic E-state index is 0.654. The Morgan fingerprint density at radius 1 is 1.25 bits per heavy atom. The lowest BCUT2D eigenvalue weighted by atomic mass is 10.3. The van der Waals surface area contributed by atoms with Crippen LogP contribution in [0.3, 0.4) is 0 Å². The van der Waals surface area contributed by atoms with Gasteiger partial charge in [0.05, 0.1) is 29.6 Å². The Kier molecular flexibility index (Phi) is 4.90. The van der Waals surface area contributed by atoms with Crippen LogP contribution in [0, 0.1) is 6.92 Å². The molecule has 108 valence electrons. The SMILES string of the molecule is CCOc1ccc(NCc2c(Cl)c(C)nn2CC)cc1. The van der Waals surface area contributed by atoms with Crippen molar-refractivity contribution in [2.45, 2.75) is 33.9 Å². The number of benzene rings is 1. The highest BCUT2D eigenvalue weighted by Crippen LogP contribution is 2.22. The lowest BCUT2D eigenvalue weighted by Crippen LogP contribution is -2.08. The molecule has 0 aliphatic heterocycles. The van der Waals surface area contributed by atoms with Crippen LogP contribution in [0.4, 0.5) is 5.69 Å². The predicted molar refractivity (Wildman–Crippen MR) is 82.6 cm³/mol. The van der Waals surface area contributed by atoms with Crippen molar-refractivity contribution < 1.29 is 4.74 Å². The van der Waals surface area contributed by atoms with Gasteiger partial charge in [0.15, 0.2) is 0 Å². The molecule has 1 aromatic heterocycles. The number of anilines is 1. The van der Waals surface area contributed by atoms with Gasteiger partial charge in [0.2, 0.25) is 0 Å². The Bertz CT molecular complexity index is 563. The van der Waals surface area contributed by atoms with Gasteiger partial charge in [0.25, 0.3) is 0 Å². The summed E-state index contributed by atoms with van der Waals surface area (Å²) in [7, 11) is 0. The molecule has 1 heterocycles. The highest BCUT2D eigenvalue weighted by molar-refractivity contribution is 6.31. The molecule has 1 aromatic carbocycles. The summed E-state index contributed by atoms with van der Waals surface area (Å²) in [6.07, 6.45) is 0. The highest BCUT2D eigenvalue weighted by atomic mass is 35.5. The van der Waals surface area contributed by atoms with Crippen molar-refractivity contribution in [1.82, 2.24) is 9.78 Å². The predicted octanol–water partition coefficient (Wildman–Crippen LogP) is 3.88. The monoisotopic (exact) mass is 293 g/mol. The molecule has 0 atom stereocenters. The number of halogens is 1. The summed E-state index contributed by atoms with van der Waals surface area (Å²) in [5.74, 6) is 0.880. The number of hydrogen-bond donors (Lipinski definition) is 1. The van der Waals surface area contributed by atoms with Crippen molar-refractivity contribution in [3.63, 3.8) is 0 Å².